The summed E-state index contributed by atoms with van der Waals surface area (Å²) in [7, 11) is 0. The topological polar surface area (TPSA) is 84.9 Å². The molecule has 1 saturated heterocycles. The first-order valence-electron chi connectivity index (χ1n) is 9.71. The zero-order chi connectivity index (χ0) is 22.5. The van der Waals surface area contributed by atoms with E-state index in [1.54, 1.807) is 24.3 Å². The maximum Gasteiger partial charge on any atom is 0.311 e. The molecule has 7 nitrogen and oxygen atoms in total. The Morgan fingerprint density at radius 2 is 1.77 bits per heavy atom. The number of nitrogens with one attached hydrogen (secondary N) is 1. The molecule has 1 atom stereocenters. The summed E-state index contributed by atoms with van der Waals surface area (Å²) in [6.07, 6.45) is 0.0701. The fraction of sp³-hybridized carbons (Fsp3) is 0.318. The van der Waals surface area contributed by atoms with Crippen LogP contribution >= 0.6 is 23.2 Å². The van der Waals surface area contributed by atoms with Crippen molar-refractivity contribution in [1.82, 2.24) is 0 Å². The zero-order valence-corrected chi connectivity index (χ0v) is 18.6. The second-order valence-corrected chi connectivity index (χ2v) is 8.25. The first kappa shape index (κ1) is 22.9. The van der Waals surface area contributed by atoms with Crippen LogP contribution in [-0.4, -0.2) is 37.0 Å². The van der Waals surface area contributed by atoms with Gasteiger partial charge in [0, 0.05) is 34.4 Å². The molecule has 9 heteroatoms. The van der Waals surface area contributed by atoms with Gasteiger partial charge >= 0.3 is 5.97 Å². The molecule has 2 aromatic carbocycles. The highest BCUT2D eigenvalue weighted by molar-refractivity contribution is 6.35. The predicted molar refractivity (Wildman–Crippen MR) is 119 cm³/mol. The van der Waals surface area contributed by atoms with Crippen molar-refractivity contribution in [3.8, 4) is 5.75 Å². The number of esters is 1. The van der Waals surface area contributed by atoms with Gasteiger partial charge in [-0.3, -0.25) is 14.4 Å². The Morgan fingerprint density at radius 1 is 1.13 bits per heavy atom. The number of hydrogen-bond acceptors (Lipinski definition) is 5. The van der Waals surface area contributed by atoms with E-state index in [4.69, 9.17) is 32.7 Å². The summed E-state index contributed by atoms with van der Waals surface area (Å²) in [6, 6.07) is 11.7. The van der Waals surface area contributed by atoms with Gasteiger partial charge in [-0.15, -0.1) is 0 Å². The molecule has 0 radical (unpaired) electrons. The molecule has 0 bridgehead atoms. The van der Waals surface area contributed by atoms with E-state index in [1.165, 1.54) is 23.1 Å². The van der Waals surface area contributed by atoms with Gasteiger partial charge in [-0.05, 0) is 56.3 Å². The van der Waals surface area contributed by atoms with Crippen LogP contribution in [0.5, 0.6) is 5.75 Å². The van der Waals surface area contributed by atoms with Crippen molar-refractivity contribution in [3.63, 3.8) is 0 Å². The van der Waals surface area contributed by atoms with E-state index in [0.29, 0.717) is 27.2 Å². The van der Waals surface area contributed by atoms with Crippen molar-refractivity contribution in [2.75, 3.05) is 23.4 Å². The zero-order valence-electron chi connectivity index (χ0n) is 17.1. The molecule has 1 aliphatic rings. The Bertz CT molecular complexity index is 958. The normalized spacial score (nSPS) is 15.8. The number of benzene rings is 2. The molecule has 0 unspecified atom stereocenters. The van der Waals surface area contributed by atoms with Crippen LogP contribution in [0.1, 0.15) is 20.3 Å². The number of carbonyl (C=O) groups is 3. The molecule has 1 heterocycles. The smallest absolute Gasteiger partial charge is 0.311 e. The highest BCUT2D eigenvalue weighted by Crippen LogP contribution is 2.28. The average molecular weight is 465 g/mol. The molecular formula is C22H22Cl2N2O5. The monoisotopic (exact) mass is 464 g/mol. The van der Waals surface area contributed by atoms with Crippen LogP contribution in [0.2, 0.25) is 10.0 Å². The van der Waals surface area contributed by atoms with E-state index in [-0.39, 0.29) is 25.0 Å². The van der Waals surface area contributed by atoms with E-state index < -0.39 is 24.4 Å². The summed E-state index contributed by atoms with van der Waals surface area (Å²) < 4.78 is 10.7. The van der Waals surface area contributed by atoms with Crippen molar-refractivity contribution >= 4 is 52.4 Å². The Kier molecular flexibility index (Phi) is 7.41. The van der Waals surface area contributed by atoms with Gasteiger partial charge < -0.3 is 19.7 Å². The highest BCUT2D eigenvalue weighted by atomic mass is 35.5. The third kappa shape index (κ3) is 6.35. The lowest BCUT2D eigenvalue weighted by Crippen LogP contribution is -2.28. The molecule has 3 rings (SSSR count). The third-order valence-corrected chi connectivity index (χ3v) is 4.91. The molecule has 2 aromatic rings. The van der Waals surface area contributed by atoms with Crippen LogP contribution in [0.15, 0.2) is 42.5 Å². The Hall–Kier alpha value is -2.77. The summed E-state index contributed by atoms with van der Waals surface area (Å²) >= 11 is 11.8. The maximum absolute atomic E-state index is 12.4. The Labute approximate surface area is 190 Å². The molecule has 1 aliphatic heterocycles. The lowest BCUT2D eigenvalue weighted by Gasteiger charge is -2.17. The van der Waals surface area contributed by atoms with Gasteiger partial charge in [-0.25, -0.2) is 0 Å². The average Bonchev–Trinajstić information content (AvgIpc) is 3.07. The molecule has 31 heavy (non-hydrogen) atoms. The second-order valence-electron chi connectivity index (χ2n) is 7.38. The Balaban J connectivity index is 1.52. The van der Waals surface area contributed by atoms with E-state index >= 15 is 0 Å². The number of nitrogens with zero attached hydrogens (tertiary/aromatic N) is 1. The standard InChI is InChI=1S/C22H22Cl2N2O5/c1-13(2)31-19-5-3-18(4-6-19)26-11-14(7-21(26)28)22(29)30-12-20(27)25-17-9-15(23)8-16(24)10-17/h3-6,8-10,13-14H,7,11-12H2,1-2H3,(H,25,27)/t14-/m0/s1. The third-order valence-electron chi connectivity index (χ3n) is 4.47. The second kappa shape index (κ2) is 10.0. The minimum atomic E-state index is -0.646. The minimum absolute atomic E-state index is 0.0224. The molecule has 0 aliphatic carbocycles. The van der Waals surface area contributed by atoms with Gasteiger partial charge in [-0.2, -0.15) is 0 Å². The van der Waals surface area contributed by atoms with Gasteiger partial charge in [0.2, 0.25) is 5.91 Å². The van der Waals surface area contributed by atoms with E-state index in [1.807, 2.05) is 13.8 Å². The fourth-order valence-corrected chi connectivity index (χ4v) is 3.70. The number of ether oxygens (including phenoxy) is 2. The molecule has 1 N–H and O–H groups in total. The molecule has 0 saturated carbocycles. The first-order chi connectivity index (χ1) is 14.7. The van der Waals surface area contributed by atoms with Crippen LogP contribution in [0, 0.1) is 5.92 Å². The first-order valence-corrected chi connectivity index (χ1v) is 10.5. The highest BCUT2D eigenvalue weighted by Gasteiger charge is 2.36. The van der Waals surface area contributed by atoms with Gasteiger partial charge in [0.25, 0.3) is 5.91 Å². The predicted octanol–water partition coefficient (Wildman–Crippen LogP) is 4.32. The van der Waals surface area contributed by atoms with Crippen LogP contribution in [-0.2, 0) is 19.1 Å². The lowest BCUT2D eigenvalue weighted by molar-refractivity contribution is -0.151. The van der Waals surface area contributed by atoms with Gasteiger partial charge in [0.15, 0.2) is 6.61 Å². The molecule has 1 fully saturated rings. The minimum Gasteiger partial charge on any atom is -0.491 e. The van der Waals surface area contributed by atoms with Crippen molar-refractivity contribution in [2.24, 2.45) is 5.92 Å². The van der Waals surface area contributed by atoms with E-state index in [0.717, 1.165) is 0 Å². The van der Waals surface area contributed by atoms with Crippen LogP contribution < -0.4 is 15.0 Å². The summed E-state index contributed by atoms with van der Waals surface area (Å²) in [5.74, 6) is -1.26. The van der Waals surface area contributed by atoms with Crippen molar-refractivity contribution in [2.45, 2.75) is 26.4 Å². The summed E-state index contributed by atoms with van der Waals surface area (Å²) in [5.41, 5.74) is 1.07. The summed E-state index contributed by atoms with van der Waals surface area (Å²) in [6.45, 7) is 3.57. The van der Waals surface area contributed by atoms with E-state index in [9.17, 15) is 14.4 Å². The molecular weight excluding hydrogens is 443 g/mol. The number of carbonyl (C=O) groups excluding carboxylic acids is 3. The van der Waals surface area contributed by atoms with Gasteiger partial charge in [-0.1, -0.05) is 23.2 Å². The van der Waals surface area contributed by atoms with Crippen LogP contribution in [0.3, 0.4) is 0 Å². The number of amides is 2. The van der Waals surface area contributed by atoms with Crippen molar-refractivity contribution in [3.05, 3.63) is 52.5 Å². The molecule has 0 spiro atoms. The molecule has 2 amide bonds. The number of hydrogen-bond donors (Lipinski definition) is 1. The number of rotatable bonds is 7. The van der Waals surface area contributed by atoms with Crippen molar-refractivity contribution < 1.29 is 23.9 Å². The fourth-order valence-electron chi connectivity index (χ4n) is 3.17. The quantitative estimate of drug-likeness (QED) is 0.616. The number of anilines is 2. The molecule has 0 aromatic heterocycles. The Morgan fingerprint density at radius 3 is 2.39 bits per heavy atom. The van der Waals surface area contributed by atoms with Crippen LogP contribution in [0.4, 0.5) is 11.4 Å². The summed E-state index contributed by atoms with van der Waals surface area (Å²) in [5, 5.41) is 3.29. The van der Waals surface area contributed by atoms with Gasteiger partial charge in [0.1, 0.15) is 5.75 Å². The SMILES string of the molecule is CC(C)Oc1ccc(N2C[C@@H](C(=O)OCC(=O)Nc3cc(Cl)cc(Cl)c3)CC2=O)cc1. The lowest BCUT2D eigenvalue weighted by atomic mass is 10.1. The maximum atomic E-state index is 12.4. The molecule has 164 valence electrons. The van der Waals surface area contributed by atoms with E-state index in [2.05, 4.69) is 5.32 Å². The number of halogens is 2. The largest absolute Gasteiger partial charge is 0.491 e. The summed E-state index contributed by atoms with van der Waals surface area (Å²) in [4.78, 5) is 38.3. The van der Waals surface area contributed by atoms with Gasteiger partial charge in [0.05, 0.1) is 12.0 Å². The van der Waals surface area contributed by atoms with Crippen molar-refractivity contribution in [1.29, 1.82) is 0 Å². The van der Waals surface area contributed by atoms with Crippen LogP contribution in [0.25, 0.3) is 0 Å².